The summed E-state index contributed by atoms with van der Waals surface area (Å²) < 4.78 is 1.07. The summed E-state index contributed by atoms with van der Waals surface area (Å²) in [6.07, 6.45) is 3.08. The van der Waals surface area contributed by atoms with Gasteiger partial charge in [0, 0.05) is 22.8 Å². The van der Waals surface area contributed by atoms with Crippen molar-refractivity contribution in [2.45, 2.75) is 11.4 Å². The number of aromatic carboxylic acids is 1. The van der Waals surface area contributed by atoms with Crippen molar-refractivity contribution < 1.29 is 14.7 Å². The van der Waals surface area contributed by atoms with E-state index in [0.717, 1.165) is 21.7 Å². The standard InChI is InChI=1S/C15H14N2O4S/c1-22-12-4-2-3-11(7-12)16-13(18)9-17-8-10(15(20)21)5-6-14(17)19/h2-8H,9H2,1H3,(H,16,18)(H,20,21). The average molecular weight is 318 g/mol. The molecule has 0 unspecified atom stereocenters. The lowest BCUT2D eigenvalue weighted by molar-refractivity contribution is -0.116. The third-order valence-electron chi connectivity index (χ3n) is 2.90. The topological polar surface area (TPSA) is 88.4 Å². The highest BCUT2D eigenvalue weighted by Gasteiger charge is 2.09. The third kappa shape index (κ3) is 3.98. The number of carbonyl (C=O) groups excluding carboxylic acids is 1. The van der Waals surface area contributed by atoms with E-state index in [1.165, 1.54) is 6.07 Å². The van der Waals surface area contributed by atoms with Gasteiger partial charge >= 0.3 is 5.97 Å². The van der Waals surface area contributed by atoms with Crippen molar-refractivity contribution in [3.05, 3.63) is 58.5 Å². The Kier molecular flexibility index (Phi) is 5.00. The number of nitrogens with zero attached hydrogens (tertiary/aromatic N) is 1. The zero-order valence-corrected chi connectivity index (χ0v) is 12.6. The van der Waals surface area contributed by atoms with Crippen LogP contribution in [0.3, 0.4) is 0 Å². The van der Waals surface area contributed by atoms with Gasteiger partial charge in [-0.1, -0.05) is 6.07 Å². The number of carboxylic acid groups (broad SMARTS) is 1. The summed E-state index contributed by atoms with van der Waals surface area (Å²) in [6.45, 7) is -0.247. The molecule has 7 heteroatoms. The molecule has 0 bridgehead atoms. The fourth-order valence-electron chi connectivity index (χ4n) is 1.84. The first-order valence-electron chi connectivity index (χ1n) is 6.37. The normalized spacial score (nSPS) is 10.2. The molecule has 0 saturated heterocycles. The largest absolute Gasteiger partial charge is 0.478 e. The number of hydrogen-bond acceptors (Lipinski definition) is 4. The van der Waals surface area contributed by atoms with Crippen molar-refractivity contribution in [1.82, 2.24) is 4.57 Å². The number of benzene rings is 1. The molecule has 114 valence electrons. The molecule has 2 rings (SSSR count). The second kappa shape index (κ2) is 6.95. The Morgan fingerprint density at radius 2 is 2.05 bits per heavy atom. The number of carbonyl (C=O) groups is 2. The Morgan fingerprint density at radius 3 is 2.73 bits per heavy atom. The minimum absolute atomic E-state index is 0.0446. The Hall–Kier alpha value is -2.54. The quantitative estimate of drug-likeness (QED) is 0.822. The van der Waals surface area contributed by atoms with Crippen LogP contribution in [0.15, 0.2) is 52.3 Å². The van der Waals surface area contributed by atoms with E-state index in [4.69, 9.17) is 5.11 Å². The van der Waals surface area contributed by atoms with Gasteiger partial charge in [0.05, 0.1) is 5.56 Å². The highest BCUT2D eigenvalue weighted by molar-refractivity contribution is 7.98. The fourth-order valence-corrected chi connectivity index (χ4v) is 2.30. The van der Waals surface area contributed by atoms with E-state index in [2.05, 4.69) is 5.32 Å². The molecule has 0 atom stereocenters. The van der Waals surface area contributed by atoms with Gasteiger partial charge in [-0.3, -0.25) is 9.59 Å². The van der Waals surface area contributed by atoms with E-state index >= 15 is 0 Å². The number of thioether (sulfide) groups is 1. The molecule has 1 amide bonds. The second-order valence-electron chi connectivity index (χ2n) is 4.47. The molecule has 0 saturated carbocycles. The maximum absolute atomic E-state index is 12.0. The summed E-state index contributed by atoms with van der Waals surface area (Å²) in [5.41, 5.74) is 0.147. The molecule has 0 fully saturated rings. The molecular weight excluding hydrogens is 304 g/mol. The van der Waals surface area contributed by atoms with Crippen LogP contribution in [0, 0.1) is 0 Å². The Morgan fingerprint density at radius 1 is 1.27 bits per heavy atom. The first kappa shape index (κ1) is 15.8. The lowest BCUT2D eigenvalue weighted by Gasteiger charge is -2.08. The van der Waals surface area contributed by atoms with Gasteiger partial charge in [-0.15, -0.1) is 11.8 Å². The zero-order valence-electron chi connectivity index (χ0n) is 11.8. The van der Waals surface area contributed by atoms with Gasteiger partial charge in [0.25, 0.3) is 5.56 Å². The van der Waals surface area contributed by atoms with Gasteiger partial charge in [0.2, 0.25) is 5.91 Å². The molecule has 2 aromatic rings. The molecule has 6 nitrogen and oxygen atoms in total. The Bertz CT molecular complexity index is 770. The fraction of sp³-hybridized carbons (Fsp3) is 0.133. The molecule has 0 aliphatic heterocycles. The van der Waals surface area contributed by atoms with Crippen molar-refractivity contribution in [1.29, 1.82) is 0 Å². The first-order chi connectivity index (χ1) is 10.5. The van der Waals surface area contributed by atoms with Crippen LogP contribution in [0.25, 0.3) is 0 Å². The van der Waals surface area contributed by atoms with Crippen molar-refractivity contribution in [2.24, 2.45) is 0 Å². The maximum atomic E-state index is 12.0. The average Bonchev–Trinajstić information content (AvgIpc) is 2.49. The third-order valence-corrected chi connectivity index (χ3v) is 3.62. The maximum Gasteiger partial charge on any atom is 0.337 e. The molecule has 1 aromatic carbocycles. The number of anilines is 1. The van der Waals surface area contributed by atoms with Crippen LogP contribution in [0.2, 0.25) is 0 Å². The molecule has 0 spiro atoms. The summed E-state index contributed by atoms with van der Waals surface area (Å²) >= 11 is 1.55. The van der Waals surface area contributed by atoms with Crippen LogP contribution in [0.5, 0.6) is 0 Å². The predicted molar refractivity (Wildman–Crippen MR) is 84.5 cm³/mol. The van der Waals surface area contributed by atoms with Crippen LogP contribution in [-0.4, -0.2) is 27.8 Å². The molecule has 0 radical (unpaired) electrons. The Balaban J connectivity index is 2.13. The minimum atomic E-state index is -1.15. The molecule has 0 aliphatic carbocycles. The summed E-state index contributed by atoms with van der Waals surface area (Å²) in [7, 11) is 0. The van der Waals surface area contributed by atoms with Crippen LogP contribution in [0.4, 0.5) is 5.69 Å². The first-order valence-corrected chi connectivity index (χ1v) is 7.60. The minimum Gasteiger partial charge on any atom is -0.478 e. The van der Waals surface area contributed by atoms with Gasteiger partial charge in [0.1, 0.15) is 6.54 Å². The van der Waals surface area contributed by atoms with Gasteiger partial charge in [-0.25, -0.2) is 4.79 Å². The number of rotatable bonds is 5. The highest BCUT2D eigenvalue weighted by atomic mass is 32.2. The zero-order chi connectivity index (χ0) is 16.1. The monoisotopic (exact) mass is 318 g/mol. The van der Waals surface area contributed by atoms with Crippen molar-refractivity contribution in [3.8, 4) is 0 Å². The molecular formula is C15H14N2O4S. The van der Waals surface area contributed by atoms with Crippen LogP contribution in [0.1, 0.15) is 10.4 Å². The summed E-state index contributed by atoms with van der Waals surface area (Å²) in [6, 6.07) is 9.64. The van der Waals surface area contributed by atoms with Crippen molar-refractivity contribution in [2.75, 3.05) is 11.6 Å². The van der Waals surface area contributed by atoms with E-state index in [1.54, 1.807) is 17.8 Å². The number of amides is 1. The van der Waals surface area contributed by atoms with E-state index in [9.17, 15) is 14.4 Å². The van der Waals surface area contributed by atoms with Crippen LogP contribution < -0.4 is 10.9 Å². The van der Waals surface area contributed by atoms with Gasteiger partial charge < -0.3 is 15.0 Å². The number of nitrogens with one attached hydrogen (secondary N) is 1. The molecule has 1 aromatic heterocycles. The SMILES string of the molecule is CSc1cccc(NC(=O)Cn2cc(C(=O)O)ccc2=O)c1. The second-order valence-corrected chi connectivity index (χ2v) is 5.35. The van der Waals surface area contributed by atoms with Crippen LogP contribution >= 0.6 is 11.8 Å². The number of hydrogen-bond donors (Lipinski definition) is 2. The van der Waals surface area contributed by atoms with Gasteiger partial charge in [-0.05, 0) is 30.5 Å². The molecule has 0 aliphatic rings. The molecule has 2 N–H and O–H groups in total. The smallest absolute Gasteiger partial charge is 0.337 e. The summed E-state index contributed by atoms with van der Waals surface area (Å²) in [4.78, 5) is 35.6. The predicted octanol–water partition coefficient (Wildman–Crippen LogP) is 1.91. The van der Waals surface area contributed by atoms with Gasteiger partial charge in [-0.2, -0.15) is 0 Å². The van der Waals surface area contributed by atoms with E-state index < -0.39 is 17.4 Å². The Labute approximate surface area is 130 Å². The van der Waals surface area contributed by atoms with Crippen LogP contribution in [-0.2, 0) is 11.3 Å². The van der Waals surface area contributed by atoms with Gasteiger partial charge in [0.15, 0.2) is 0 Å². The summed E-state index contributed by atoms with van der Waals surface area (Å²) in [5.74, 6) is -1.55. The number of aromatic nitrogens is 1. The highest BCUT2D eigenvalue weighted by Crippen LogP contribution is 2.18. The van der Waals surface area contributed by atoms with E-state index in [-0.39, 0.29) is 12.1 Å². The van der Waals surface area contributed by atoms with Crippen molar-refractivity contribution in [3.63, 3.8) is 0 Å². The number of carboxylic acids is 1. The molecule has 22 heavy (non-hydrogen) atoms. The van der Waals surface area contributed by atoms with E-state index in [0.29, 0.717) is 5.69 Å². The number of pyridine rings is 1. The lowest BCUT2D eigenvalue weighted by Crippen LogP contribution is -2.27. The summed E-state index contributed by atoms with van der Waals surface area (Å²) in [5, 5.41) is 11.6. The van der Waals surface area contributed by atoms with Crippen molar-refractivity contribution >= 4 is 29.3 Å². The molecule has 1 heterocycles. The lowest BCUT2D eigenvalue weighted by atomic mass is 10.3. The van der Waals surface area contributed by atoms with E-state index in [1.807, 2.05) is 24.5 Å².